The van der Waals surface area contributed by atoms with Crippen LogP contribution in [0.4, 0.5) is 5.69 Å². The molecule has 118 valence electrons. The summed E-state index contributed by atoms with van der Waals surface area (Å²) in [6.45, 7) is 1.76. The van der Waals surface area contributed by atoms with Crippen LogP contribution in [-0.4, -0.2) is 28.0 Å². The van der Waals surface area contributed by atoms with Crippen LogP contribution < -0.4 is 10.9 Å². The van der Waals surface area contributed by atoms with Crippen molar-refractivity contribution in [2.24, 2.45) is 5.92 Å². The average molecular weight is 358 g/mol. The average Bonchev–Trinajstić information content (AvgIpc) is 2.43. The minimum absolute atomic E-state index is 0.0355. The molecule has 1 fully saturated rings. The van der Waals surface area contributed by atoms with E-state index in [0.717, 1.165) is 43.2 Å². The van der Waals surface area contributed by atoms with E-state index in [9.17, 15) is 4.79 Å². The van der Waals surface area contributed by atoms with Gasteiger partial charge in [-0.25, -0.2) is 4.68 Å². The molecule has 1 heterocycles. The first kappa shape index (κ1) is 16.5. The maximum atomic E-state index is 12.4. The van der Waals surface area contributed by atoms with E-state index in [1.807, 2.05) is 0 Å². The molecule has 21 heavy (non-hydrogen) atoms. The number of hydrogen-bond acceptors (Lipinski definition) is 4. The molecule has 6 heteroatoms. The summed E-state index contributed by atoms with van der Waals surface area (Å²) in [5.41, 5.74) is 0.582. The van der Waals surface area contributed by atoms with E-state index < -0.39 is 0 Å². The molecule has 0 radical (unpaired) electrons. The Morgan fingerprint density at radius 2 is 2.10 bits per heavy atom. The molecule has 0 spiro atoms. The van der Waals surface area contributed by atoms with Crippen LogP contribution in [0.3, 0.4) is 0 Å². The predicted molar refractivity (Wildman–Crippen MR) is 87.6 cm³/mol. The second-order valence-electron chi connectivity index (χ2n) is 5.72. The predicted octanol–water partition coefficient (Wildman–Crippen LogP) is 2.77. The van der Waals surface area contributed by atoms with Crippen LogP contribution in [-0.2, 0) is 6.54 Å². The van der Waals surface area contributed by atoms with E-state index in [1.54, 1.807) is 10.9 Å². The number of anilines is 1. The van der Waals surface area contributed by atoms with E-state index in [-0.39, 0.29) is 12.2 Å². The highest BCUT2D eigenvalue weighted by Gasteiger charge is 2.20. The Labute approximate surface area is 133 Å². The summed E-state index contributed by atoms with van der Waals surface area (Å²) in [4.78, 5) is 12.4. The lowest BCUT2D eigenvalue weighted by atomic mass is 9.85. The molecular formula is C15H24BrN3O2. The molecule has 0 atom stereocenters. The van der Waals surface area contributed by atoms with Crippen LogP contribution in [0.1, 0.15) is 44.9 Å². The van der Waals surface area contributed by atoms with Crippen molar-refractivity contribution in [3.8, 4) is 0 Å². The lowest BCUT2D eigenvalue weighted by Gasteiger charge is -2.25. The Kier molecular flexibility index (Phi) is 6.70. The Bertz CT molecular complexity index is 500. The molecule has 0 aliphatic heterocycles. The number of unbranched alkanes of at least 4 members (excludes halogenated alkanes) is 3. The molecule has 1 aliphatic rings. The summed E-state index contributed by atoms with van der Waals surface area (Å²) in [5, 5.41) is 16.2. The highest BCUT2D eigenvalue weighted by Crippen LogP contribution is 2.27. The van der Waals surface area contributed by atoms with E-state index in [0.29, 0.717) is 11.6 Å². The number of aliphatic hydroxyl groups is 1. The SMILES string of the molecule is O=c1c(NCCCCCCO)c(Br)cnn1CC1CCC1. The number of aromatic nitrogens is 2. The second kappa shape index (κ2) is 8.54. The Morgan fingerprint density at radius 1 is 1.33 bits per heavy atom. The summed E-state index contributed by atoms with van der Waals surface area (Å²) < 4.78 is 2.32. The van der Waals surface area contributed by atoms with Crippen molar-refractivity contribution >= 4 is 21.6 Å². The Morgan fingerprint density at radius 3 is 2.76 bits per heavy atom. The van der Waals surface area contributed by atoms with Gasteiger partial charge in [0.1, 0.15) is 5.69 Å². The van der Waals surface area contributed by atoms with Crippen molar-refractivity contribution < 1.29 is 5.11 Å². The minimum Gasteiger partial charge on any atom is -0.396 e. The van der Waals surface area contributed by atoms with Crippen molar-refractivity contribution in [3.05, 3.63) is 21.0 Å². The van der Waals surface area contributed by atoms with E-state index >= 15 is 0 Å². The number of aliphatic hydroxyl groups excluding tert-OH is 1. The molecule has 0 unspecified atom stereocenters. The fraction of sp³-hybridized carbons (Fsp3) is 0.733. The van der Waals surface area contributed by atoms with Crippen molar-refractivity contribution in [3.63, 3.8) is 0 Å². The molecule has 1 aromatic heterocycles. The molecular weight excluding hydrogens is 334 g/mol. The van der Waals surface area contributed by atoms with Gasteiger partial charge in [-0.3, -0.25) is 4.79 Å². The lowest BCUT2D eigenvalue weighted by molar-refractivity contribution is 0.262. The molecule has 2 rings (SSSR count). The fourth-order valence-electron chi connectivity index (χ4n) is 2.48. The maximum absolute atomic E-state index is 12.4. The van der Waals surface area contributed by atoms with Gasteiger partial charge in [0.2, 0.25) is 0 Å². The van der Waals surface area contributed by atoms with Gasteiger partial charge >= 0.3 is 0 Å². The largest absolute Gasteiger partial charge is 0.396 e. The zero-order valence-corrected chi connectivity index (χ0v) is 13.9. The third kappa shape index (κ3) is 4.81. The standard InChI is InChI=1S/C15H24BrN3O2/c16-13-10-18-19(11-12-6-5-7-12)15(21)14(13)17-8-3-1-2-4-9-20/h10,12,17,20H,1-9,11H2. The molecule has 0 amide bonds. The highest BCUT2D eigenvalue weighted by molar-refractivity contribution is 9.10. The van der Waals surface area contributed by atoms with Crippen LogP contribution in [0.5, 0.6) is 0 Å². The topological polar surface area (TPSA) is 67.2 Å². The molecule has 0 aromatic carbocycles. The summed E-state index contributed by atoms with van der Waals surface area (Å²) in [6.07, 6.45) is 9.33. The molecule has 5 nitrogen and oxygen atoms in total. The van der Waals surface area contributed by atoms with E-state index in [2.05, 4.69) is 26.3 Å². The fourth-order valence-corrected chi connectivity index (χ4v) is 2.88. The first-order valence-corrected chi connectivity index (χ1v) is 8.62. The third-order valence-corrected chi connectivity index (χ3v) is 4.64. The van der Waals surface area contributed by atoms with E-state index in [1.165, 1.54) is 19.3 Å². The van der Waals surface area contributed by atoms with Crippen LogP contribution in [0.15, 0.2) is 15.5 Å². The van der Waals surface area contributed by atoms with Crippen LogP contribution in [0, 0.1) is 5.92 Å². The van der Waals surface area contributed by atoms with E-state index in [4.69, 9.17) is 5.11 Å². The summed E-state index contributed by atoms with van der Waals surface area (Å²) in [5.74, 6) is 0.614. The third-order valence-electron chi connectivity index (χ3n) is 4.04. The lowest BCUT2D eigenvalue weighted by Crippen LogP contribution is -2.31. The first-order valence-electron chi connectivity index (χ1n) is 7.82. The van der Waals surface area contributed by atoms with Gasteiger partial charge in [-0.15, -0.1) is 0 Å². The van der Waals surface area contributed by atoms with Gasteiger partial charge in [0.05, 0.1) is 10.7 Å². The zero-order chi connectivity index (χ0) is 15.1. The van der Waals surface area contributed by atoms with Crippen molar-refractivity contribution in [2.45, 2.75) is 51.5 Å². The molecule has 1 aliphatic carbocycles. The summed E-state index contributed by atoms with van der Waals surface area (Å²) >= 11 is 3.40. The summed E-state index contributed by atoms with van der Waals surface area (Å²) in [6, 6.07) is 0. The van der Waals surface area contributed by atoms with Gasteiger partial charge in [0.15, 0.2) is 0 Å². The molecule has 0 bridgehead atoms. The van der Waals surface area contributed by atoms with Gasteiger partial charge in [-0.1, -0.05) is 19.3 Å². The highest BCUT2D eigenvalue weighted by atomic mass is 79.9. The molecule has 1 saturated carbocycles. The van der Waals surface area contributed by atoms with Crippen molar-refractivity contribution in [2.75, 3.05) is 18.5 Å². The van der Waals surface area contributed by atoms with Gasteiger partial charge in [-0.05, 0) is 47.5 Å². The number of hydrogen-bond donors (Lipinski definition) is 2. The molecule has 1 aromatic rings. The molecule has 0 saturated heterocycles. The van der Waals surface area contributed by atoms with Crippen LogP contribution in [0.2, 0.25) is 0 Å². The number of nitrogens with zero attached hydrogens (tertiary/aromatic N) is 2. The maximum Gasteiger partial charge on any atom is 0.291 e. The van der Waals surface area contributed by atoms with Gasteiger partial charge in [-0.2, -0.15) is 5.10 Å². The Hall–Kier alpha value is -0.880. The smallest absolute Gasteiger partial charge is 0.291 e. The van der Waals surface area contributed by atoms with Gasteiger partial charge in [0.25, 0.3) is 5.56 Å². The second-order valence-corrected chi connectivity index (χ2v) is 6.57. The normalized spacial score (nSPS) is 15.0. The first-order chi connectivity index (χ1) is 10.2. The van der Waals surface area contributed by atoms with Crippen molar-refractivity contribution in [1.82, 2.24) is 9.78 Å². The van der Waals surface area contributed by atoms with Crippen LogP contribution >= 0.6 is 15.9 Å². The van der Waals surface area contributed by atoms with Gasteiger partial charge in [0, 0.05) is 19.7 Å². The number of halogens is 1. The Balaban J connectivity index is 1.88. The van der Waals surface area contributed by atoms with Gasteiger partial charge < -0.3 is 10.4 Å². The molecule has 2 N–H and O–H groups in total. The summed E-state index contributed by atoms with van der Waals surface area (Å²) in [7, 11) is 0. The zero-order valence-electron chi connectivity index (χ0n) is 12.4. The minimum atomic E-state index is -0.0355. The number of nitrogens with one attached hydrogen (secondary N) is 1. The number of rotatable bonds is 9. The van der Waals surface area contributed by atoms with Crippen molar-refractivity contribution in [1.29, 1.82) is 0 Å². The monoisotopic (exact) mass is 357 g/mol. The van der Waals surface area contributed by atoms with Crippen LogP contribution in [0.25, 0.3) is 0 Å². The quantitative estimate of drug-likeness (QED) is 0.666.